The van der Waals surface area contributed by atoms with Crippen LogP contribution in [0.4, 0.5) is 0 Å². The maximum Gasteiger partial charge on any atom is 0.137 e. The van der Waals surface area contributed by atoms with Crippen molar-refractivity contribution in [1.82, 2.24) is 10.3 Å². The second-order valence-corrected chi connectivity index (χ2v) is 5.11. The molecule has 0 aromatic carbocycles. The van der Waals surface area contributed by atoms with Crippen molar-refractivity contribution < 1.29 is 14.2 Å². The van der Waals surface area contributed by atoms with Crippen molar-refractivity contribution >= 4 is 0 Å². The van der Waals surface area contributed by atoms with Crippen LogP contribution in [-0.4, -0.2) is 44.1 Å². The van der Waals surface area contributed by atoms with Gasteiger partial charge in [0.2, 0.25) is 0 Å². The Morgan fingerprint density at radius 3 is 2.95 bits per heavy atom. The SMILES string of the molecule is COCCNCc1ccc(OCC2CCC(C)O2)cn1. The van der Waals surface area contributed by atoms with Gasteiger partial charge in [0.15, 0.2) is 0 Å². The van der Waals surface area contributed by atoms with Gasteiger partial charge in [0.05, 0.1) is 30.7 Å². The third-order valence-corrected chi connectivity index (χ3v) is 3.34. The molecule has 2 heterocycles. The third kappa shape index (κ3) is 5.07. The molecule has 1 saturated heterocycles. The van der Waals surface area contributed by atoms with Gasteiger partial charge in [-0.3, -0.25) is 4.98 Å². The Hall–Kier alpha value is -1.17. The number of nitrogens with one attached hydrogen (secondary N) is 1. The standard InChI is InChI=1S/C15H24N2O3/c1-12-3-5-15(20-12)11-19-14-6-4-13(17-10-14)9-16-7-8-18-2/h4,6,10,12,15-16H,3,5,7-9,11H2,1-2H3. The Balaban J connectivity index is 1.68. The first-order valence-electron chi connectivity index (χ1n) is 7.21. The predicted molar refractivity (Wildman–Crippen MR) is 76.9 cm³/mol. The van der Waals surface area contributed by atoms with Crippen LogP contribution in [0.2, 0.25) is 0 Å². The summed E-state index contributed by atoms with van der Waals surface area (Å²) in [6.45, 7) is 4.99. The maximum atomic E-state index is 5.72. The van der Waals surface area contributed by atoms with E-state index < -0.39 is 0 Å². The van der Waals surface area contributed by atoms with Crippen LogP contribution < -0.4 is 10.1 Å². The van der Waals surface area contributed by atoms with E-state index in [-0.39, 0.29) is 6.10 Å². The monoisotopic (exact) mass is 280 g/mol. The summed E-state index contributed by atoms with van der Waals surface area (Å²) in [5.74, 6) is 0.800. The molecule has 0 aliphatic carbocycles. The minimum absolute atomic E-state index is 0.223. The molecule has 0 spiro atoms. The van der Waals surface area contributed by atoms with E-state index >= 15 is 0 Å². The van der Waals surface area contributed by atoms with Gasteiger partial charge < -0.3 is 19.5 Å². The summed E-state index contributed by atoms with van der Waals surface area (Å²) >= 11 is 0. The summed E-state index contributed by atoms with van der Waals surface area (Å²) in [5, 5.41) is 3.26. The van der Waals surface area contributed by atoms with E-state index in [1.165, 1.54) is 0 Å². The third-order valence-electron chi connectivity index (χ3n) is 3.34. The Labute approximate surface area is 120 Å². The Bertz CT molecular complexity index is 383. The molecule has 0 bridgehead atoms. The summed E-state index contributed by atoms with van der Waals surface area (Å²) in [6, 6.07) is 3.94. The van der Waals surface area contributed by atoms with Crippen molar-refractivity contribution in [2.45, 2.75) is 38.5 Å². The van der Waals surface area contributed by atoms with E-state index in [0.29, 0.717) is 19.3 Å². The number of aromatic nitrogens is 1. The van der Waals surface area contributed by atoms with Crippen molar-refractivity contribution in [2.24, 2.45) is 0 Å². The zero-order valence-electron chi connectivity index (χ0n) is 12.3. The predicted octanol–water partition coefficient (Wildman–Crippen LogP) is 1.76. The topological polar surface area (TPSA) is 52.6 Å². The van der Waals surface area contributed by atoms with Gasteiger partial charge in [-0.15, -0.1) is 0 Å². The van der Waals surface area contributed by atoms with Gasteiger partial charge in [0.1, 0.15) is 12.4 Å². The van der Waals surface area contributed by atoms with Gasteiger partial charge in [-0.1, -0.05) is 0 Å². The van der Waals surface area contributed by atoms with Crippen molar-refractivity contribution in [3.63, 3.8) is 0 Å². The lowest BCUT2D eigenvalue weighted by molar-refractivity contribution is 0.0264. The molecule has 2 rings (SSSR count). The van der Waals surface area contributed by atoms with Gasteiger partial charge in [0, 0.05) is 20.2 Å². The molecule has 0 saturated carbocycles. The zero-order valence-corrected chi connectivity index (χ0v) is 12.3. The van der Waals surface area contributed by atoms with E-state index in [4.69, 9.17) is 14.2 Å². The minimum Gasteiger partial charge on any atom is -0.489 e. The quantitative estimate of drug-likeness (QED) is 0.735. The number of ether oxygens (including phenoxy) is 3. The first kappa shape index (κ1) is 15.2. The fourth-order valence-electron chi connectivity index (χ4n) is 2.19. The summed E-state index contributed by atoms with van der Waals surface area (Å²) < 4.78 is 16.4. The van der Waals surface area contributed by atoms with Crippen LogP contribution in [0, 0.1) is 0 Å². The number of methoxy groups -OCH3 is 1. The largest absolute Gasteiger partial charge is 0.489 e. The number of hydrogen-bond donors (Lipinski definition) is 1. The number of rotatable bonds is 8. The summed E-state index contributed by atoms with van der Waals surface area (Å²) in [6.07, 6.45) is 4.56. The fourth-order valence-corrected chi connectivity index (χ4v) is 2.19. The van der Waals surface area contributed by atoms with Gasteiger partial charge in [-0.05, 0) is 31.9 Å². The van der Waals surface area contributed by atoms with Gasteiger partial charge >= 0.3 is 0 Å². The summed E-state index contributed by atoms with van der Waals surface area (Å²) in [4.78, 5) is 4.37. The molecule has 1 fully saturated rings. The molecule has 1 N–H and O–H groups in total. The van der Waals surface area contributed by atoms with Crippen LogP contribution in [0.5, 0.6) is 5.75 Å². The van der Waals surface area contributed by atoms with Crippen LogP contribution in [0.1, 0.15) is 25.5 Å². The highest BCUT2D eigenvalue weighted by Gasteiger charge is 2.22. The Kier molecular flexibility index (Phi) is 6.24. The number of nitrogens with zero attached hydrogens (tertiary/aromatic N) is 1. The highest BCUT2D eigenvalue weighted by molar-refractivity contribution is 5.19. The second-order valence-electron chi connectivity index (χ2n) is 5.11. The molecule has 0 amide bonds. The lowest BCUT2D eigenvalue weighted by Crippen LogP contribution is -2.19. The normalized spacial score (nSPS) is 22.1. The van der Waals surface area contributed by atoms with Crippen molar-refractivity contribution in [2.75, 3.05) is 26.9 Å². The molecule has 0 radical (unpaired) electrons. The molecular weight excluding hydrogens is 256 g/mol. The molecule has 1 aromatic rings. The molecular formula is C15H24N2O3. The Morgan fingerprint density at radius 1 is 1.40 bits per heavy atom. The number of hydrogen-bond acceptors (Lipinski definition) is 5. The highest BCUT2D eigenvalue weighted by atomic mass is 16.5. The van der Waals surface area contributed by atoms with E-state index in [0.717, 1.165) is 37.4 Å². The van der Waals surface area contributed by atoms with Gasteiger partial charge in [-0.2, -0.15) is 0 Å². The van der Waals surface area contributed by atoms with E-state index in [1.807, 2.05) is 12.1 Å². The van der Waals surface area contributed by atoms with Crippen LogP contribution in [0.15, 0.2) is 18.3 Å². The van der Waals surface area contributed by atoms with E-state index in [9.17, 15) is 0 Å². The lowest BCUT2D eigenvalue weighted by Gasteiger charge is -2.12. The molecule has 1 aliphatic rings. The molecule has 2 unspecified atom stereocenters. The molecule has 5 heteroatoms. The van der Waals surface area contributed by atoms with Crippen LogP contribution in [0.25, 0.3) is 0 Å². The van der Waals surface area contributed by atoms with Gasteiger partial charge in [0.25, 0.3) is 0 Å². The highest BCUT2D eigenvalue weighted by Crippen LogP contribution is 2.20. The molecule has 5 nitrogen and oxygen atoms in total. The van der Waals surface area contributed by atoms with Crippen molar-refractivity contribution in [3.8, 4) is 5.75 Å². The number of pyridine rings is 1. The first-order chi connectivity index (χ1) is 9.78. The molecule has 1 aromatic heterocycles. The summed E-state index contributed by atoms with van der Waals surface area (Å²) in [7, 11) is 1.70. The average molecular weight is 280 g/mol. The smallest absolute Gasteiger partial charge is 0.137 e. The Morgan fingerprint density at radius 2 is 2.30 bits per heavy atom. The summed E-state index contributed by atoms with van der Waals surface area (Å²) in [5.41, 5.74) is 0.999. The first-order valence-corrected chi connectivity index (χ1v) is 7.21. The van der Waals surface area contributed by atoms with Crippen LogP contribution >= 0.6 is 0 Å². The van der Waals surface area contributed by atoms with Gasteiger partial charge in [-0.25, -0.2) is 0 Å². The van der Waals surface area contributed by atoms with Crippen molar-refractivity contribution in [3.05, 3.63) is 24.0 Å². The fraction of sp³-hybridized carbons (Fsp3) is 0.667. The maximum absolute atomic E-state index is 5.72. The molecule has 112 valence electrons. The van der Waals surface area contributed by atoms with E-state index in [1.54, 1.807) is 13.3 Å². The molecule has 1 aliphatic heterocycles. The minimum atomic E-state index is 0.223. The van der Waals surface area contributed by atoms with Crippen molar-refractivity contribution in [1.29, 1.82) is 0 Å². The van der Waals surface area contributed by atoms with E-state index in [2.05, 4.69) is 17.2 Å². The molecule has 20 heavy (non-hydrogen) atoms. The average Bonchev–Trinajstić information content (AvgIpc) is 2.88. The second kappa shape index (κ2) is 8.19. The lowest BCUT2D eigenvalue weighted by atomic mass is 10.2. The van der Waals surface area contributed by atoms with Crippen LogP contribution in [0.3, 0.4) is 0 Å². The molecule has 2 atom stereocenters. The van der Waals surface area contributed by atoms with Crippen LogP contribution in [-0.2, 0) is 16.0 Å². The zero-order chi connectivity index (χ0) is 14.2.